The molecule has 0 bridgehead atoms. The van der Waals surface area contributed by atoms with E-state index in [0.717, 1.165) is 18.2 Å². The first-order valence-electron chi connectivity index (χ1n) is 8.55. The number of hydrogen-bond donors (Lipinski definition) is 1. The molecule has 0 aliphatic carbocycles. The molecule has 11 heteroatoms. The summed E-state index contributed by atoms with van der Waals surface area (Å²) in [4.78, 5) is 34.6. The van der Waals surface area contributed by atoms with Crippen molar-refractivity contribution in [3.63, 3.8) is 0 Å². The van der Waals surface area contributed by atoms with Crippen molar-refractivity contribution in [2.45, 2.75) is 19.0 Å². The zero-order valence-corrected chi connectivity index (χ0v) is 15.9. The van der Waals surface area contributed by atoms with Crippen LogP contribution in [0.2, 0.25) is 0 Å². The Bertz CT molecular complexity index is 910. The van der Waals surface area contributed by atoms with Crippen molar-refractivity contribution in [3.8, 4) is 0 Å². The molecular weight excluding hydrogens is 407 g/mol. The first-order chi connectivity index (χ1) is 13.3. The summed E-state index contributed by atoms with van der Waals surface area (Å²) in [6.07, 6.45) is 0.622. The average molecular weight is 425 g/mol. The summed E-state index contributed by atoms with van der Waals surface area (Å²) < 4.78 is 13.7. The van der Waals surface area contributed by atoms with Gasteiger partial charge in [-0.25, -0.2) is 4.39 Å². The van der Waals surface area contributed by atoms with Gasteiger partial charge in [0, 0.05) is 43.4 Å². The van der Waals surface area contributed by atoms with E-state index in [1.165, 1.54) is 11.0 Å². The lowest BCUT2D eigenvalue weighted by Crippen LogP contribution is -2.35. The maximum absolute atomic E-state index is 13.7. The molecule has 1 heterocycles. The Hall–Kier alpha value is -3.11. The highest BCUT2D eigenvalue weighted by Crippen LogP contribution is 2.24. The molecule has 1 aliphatic rings. The highest BCUT2D eigenvalue weighted by atomic mass is 35.5. The summed E-state index contributed by atoms with van der Waals surface area (Å²) in [5, 5.41) is 25.2. The second kappa shape index (κ2) is 9.39. The number of non-ortho nitro benzene ring substituents is 2. The maximum Gasteiger partial charge on any atom is 0.277 e. The van der Waals surface area contributed by atoms with Gasteiger partial charge in [0.1, 0.15) is 5.82 Å². The van der Waals surface area contributed by atoms with Gasteiger partial charge < -0.3 is 10.2 Å². The fourth-order valence-corrected chi connectivity index (χ4v) is 3.12. The number of benzene rings is 2. The smallest absolute Gasteiger partial charge is 0.277 e. The molecule has 0 saturated carbocycles. The standard InChI is InChI=1S/C18H17FN4O5.ClH/c19-17-4-2-1-3-12(17)10-20-14-5-6-21(11-14)18(24)13-7-15(22(25)26)9-16(8-13)23(27)28;/h1-4,7-9,14,20H,5-6,10-11H2;1H/t14-;/m1./s1. The molecule has 0 aromatic heterocycles. The van der Waals surface area contributed by atoms with Crippen molar-refractivity contribution in [3.05, 3.63) is 79.6 Å². The van der Waals surface area contributed by atoms with Crippen LogP contribution >= 0.6 is 12.4 Å². The van der Waals surface area contributed by atoms with Crippen LogP contribution in [0.5, 0.6) is 0 Å². The Labute approximate surface area is 171 Å². The maximum atomic E-state index is 13.7. The molecule has 0 spiro atoms. The number of nitro groups is 2. The molecule has 29 heavy (non-hydrogen) atoms. The van der Waals surface area contributed by atoms with Gasteiger partial charge in [-0.1, -0.05) is 18.2 Å². The molecule has 154 valence electrons. The SMILES string of the molecule is Cl.O=C(c1cc([N+](=O)[O-])cc([N+](=O)[O-])c1)N1CC[C@@H](NCc2ccccc2F)C1. The predicted molar refractivity (Wildman–Crippen MR) is 105 cm³/mol. The normalized spacial score (nSPS) is 15.6. The van der Waals surface area contributed by atoms with Crippen molar-refractivity contribution in [2.75, 3.05) is 13.1 Å². The molecule has 0 unspecified atom stereocenters. The van der Waals surface area contributed by atoms with Crippen molar-refractivity contribution in [1.82, 2.24) is 10.2 Å². The minimum Gasteiger partial charge on any atom is -0.337 e. The summed E-state index contributed by atoms with van der Waals surface area (Å²) in [6, 6.07) is 9.20. The van der Waals surface area contributed by atoms with E-state index in [1.807, 2.05) is 0 Å². The van der Waals surface area contributed by atoms with E-state index in [4.69, 9.17) is 0 Å². The van der Waals surface area contributed by atoms with E-state index < -0.39 is 27.1 Å². The van der Waals surface area contributed by atoms with Gasteiger partial charge in [0.15, 0.2) is 0 Å². The van der Waals surface area contributed by atoms with Crippen LogP contribution in [0.25, 0.3) is 0 Å². The molecule has 2 aromatic rings. The van der Waals surface area contributed by atoms with Crippen molar-refractivity contribution in [1.29, 1.82) is 0 Å². The lowest BCUT2D eigenvalue weighted by molar-refractivity contribution is -0.394. The number of carbonyl (C=O) groups excluding carboxylic acids is 1. The van der Waals surface area contributed by atoms with Gasteiger partial charge in [0.05, 0.1) is 21.5 Å². The summed E-state index contributed by atoms with van der Waals surface area (Å²) in [5.74, 6) is -0.827. The Morgan fingerprint density at radius 2 is 1.76 bits per heavy atom. The first-order valence-corrected chi connectivity index (χ1v) is 8.55. The summed E-state index contributed by atoms with van der Waals surface area (Å²) in [5.41, 5.74) is -0.603. The van der Waals surface area contributed by atoms with Gasteiger partial charge >= 0.3 is 0 Å². The molecule has 1 saturated heterocycles. The third-order valence-electron chi connectivity index (χ3n) is 4.59. The third kappa shape index (κ3) is 5.24. The fourth-order valence-electron chi connectivity index (χ4n) is 3.12. The van der Waals surface area contributed by atoms with Crippen molar-refractivity contribution < 1.29 is 19.0 Å². The molecule has 2 aromatic carbocycles. The third-order valence-corrected chi connectivity index (χ3v) is 4.59. The zero-order valence-electron chi connectivity index (χ0n) is 15.1. The lowest BCUT2D eigenvalue weighted by atomic mass is 10.1. The topological polar surface area (TPSA) is 119 Å². The Kier molecular flexibility index (Phi) is 7.18. The second-order valence-electron chi connectivity index (χ2n) is 6.46. The van der Waals surface area contributed by atoms with Crippen LogP contribution in [0, 0.1) is 26.0 Å². The number of hydrogen-bond acceptors (Lipinski definition) is 6. The molecular formula is C18H18ClFN4O5. The summed E-state index contributed by atoms with van der Waals surface area (Å²) in [7, 11) is 0. The van der Waals surface area contributed by atoms with E-state index in [2.05, 4.69) is 5.32 Å². The van der Waals surface area contributed by atoms with Crippen LogP contribution < -0.4 is 5.32 Å². The van der Waals surface area contributed by atoms with Gasteiger partial charge in [-0.15, -0.1) is 12.4 Å². The summed E-state index contributed by atoms with van der Waals surface area (Å²) >= 11 is 0. The first kappa shape index (κ1) is 22.2. The fraction of sp³-hybridized carbons (Fsp3) is 0.278. The molecule has 1 N–H and O–H groups in total. The van der Waals surface area contributed by atoms with Crippen LogP contribution in [0.15, 0.2) is 42.5 Å². The Balaban J connectivity index is 0.00000300. The van der Waals surface area contributed by atoms with Crippen LogP contribution in [0.1, 0.15) is 22.3 Å². The van der Waals surface area contributed by atoms with E-state index in [1.54, 1.807) is 18.2 Å². The highest BCUT2D eigenvalue weighted by molar-refractivity contribution is 5.95. The number of nitrogens with zero attached hydrogens (tertiary/aromatic N) is 3. The number of rotatable bonds is 6. The average Bonchev–Trinajstić information content (AvgIpc) is 3.15. The van der Waals surface area contributed by atoms with E-state index >= 15 is 0 Å². The monoisotopic (exact) mass is 424 g/mol. The largest absolute Gasteiger partial charge is 0.337 e. The number of likely N-dealkylation sites (tertiary alicyclic amines) is 1. The lowest BCUT2D eigenvalue weighted by Gasteiger charge is -2.17. The minimum absolute atomic E-state index is 0. The predicted octanol–water partition coefficient (Wildman–Crippen LogP) is 3.07. The van der Waals surface area contributed by atoms with Crippen LogP contribution in [-0.2, 0) is 6.54 Å². The molecule has 3 rings (SSSR count). The highest BCUT2D eigenvalue weighted by Gasteiger charge is 2.29. The van der Waals surface area contributed by atoms with Gasteiger partial charge in [0.2, 0.25) is 0 Å². The molecule has 1 amide bonds. The number of nitrogens with one attached hydrogen (secondary N) is 1. The van der Waals surface area contributed by atoms with Gasteiger partial charge in [-0.3, -0.25) is 25.0 Å². The van der Waals surface area contributed by atoms with Crippen molar-refractivity contribution >= 4 is 29.7 Å². The van der Waals surface area contributed by atoms with E-state index in [-0.39, 0.29) is 29.8 Å². The minimum atomic E-state index is -0.771. The molecule has 1 fully saturated rings. The molecule has 1 aliphatic heterocycles. The molecule has 1 atom stereocenters. The van der Waals surface area contributed by atoms with Crippen molar-refractivity contribution in [2.24, 2.45) is 0 Å². The Morgan fingerprint density at radius 3 is 2.34 bits per heavy atom. The zero-order chi connectivity index (χ0) is 20.3. The van der Waals surface area contributed by atoms with Crippen LogP contribution in [0.3, 0.4) is 0 Å². The van der Waals surface area contributed by atoms with Gasteiger partial charge in [-0.2, -0.15) is 0 Å². The number of amides is 1. The number of halogens is 2. The van der Waals surface area contributed by atoms with E-state index in [9.17, 15) is 29.4 Å². The van der Waals surface area contributed by atoms with Gasteiger partial charge in [-0.05, 0) is 12.5 Å². The van der Waals surface area contributed by atoms with E-state index in [0.29, 0.717) is 31.6 Å². The molecule has 9 nitrogen and oxygen atoms in total. The number of carbonyl (C=O) groups is 1. The second-order valence-corrected chi connectivity index (χ2v) is 6.46. The van der Waals surface area contributed by atoms with Crippen LogP contribution in [-0.4, -0.2) is 39.8 Å². The quantitative estimate of drug-likeness (QED) is 0.562. The molecule has 0 radical (unpaired) electrons. The van der Waals surface area contributed by atoms with Gasteiger partial charge in [0.25, 0.3) is 17.3 Å². The summed E-state index contributed by atoms with van der Waals surface area (Å²) in [6.45, 7) is 1.02. The van der Waals surface area contributed by atoms with Crippen LogP contribution in [0.4, 0.5) is 15.8 Å². The number of nitro benzene ring substituents is 2. The Morgan fingerprint density at radius 1 is 1.14 bits per heavy atom.